The summed E-state index contributed by atoms with van der Waals surface area (Å²) in [6, 6.07) is 10.3. The first kappa shape index (κ1) is 14.7. The lowest BCUT2D eigenvalue weighted by atomic mass is 10.1. The fourth-order valence-corrected chi connectivity index (χ4v) is 3.18. The average Bonchev–Trinajstić information content (AvgIpc) is 2.92. The van der Waals surface area contributed by atoms with Gasteiger partial charge in [-0.15, -0.1) is 0 Å². The third-order valence-corrected chi connectivity index (χ3v) is 4.69. The van der Waals surface area contributed by atoms with E-state index in [1.165, 1.54) is 5.56 Å². The van der Waals surface area contributed by atoms with Gasteiger partial charge in [0.25, 0.3) is 0 Å². The maximum Gasteiger partial charge on any atom is 0.231 e. The fraction of sp³-hybridized carbons (Fsp3) is 0.250. The molecule has 2 aromatic rings. The second-order valence-electron chi connectivity index (χ2n) is 4.81. The molecule has 21 heavy (non-hydrogen) atoms. The Hall–Kier alpha value is -1.20. The van der Waals surface area contributed by atoms with Gasteiger partial charge in [-0.1, -0.05) is 38.8 Å². The molecule has 110 valence electrons. The van der Waals surface area contributed by atoms with Gasteiger partial charge in [0.1, 0.15) is 0 Å². The molecule has 0 spiro atoms. The quantitative estimate of drug-likeness (QED) is 0.756. The maximum absolute atomic E-state index is 5.43. The predicted octanol–water partition coefficient (Wildman–Crippen LogP) is 5.11. The molecule has 0 saturated carbocycles. The summed E-state index contributed by atoms with van der Waals surface area (Å²) in [5.41, 5.74) is 3.59. The third-order valence-electron chi connectivity index (χ3n) is 3.46. The molecule has 1 aliphatic heterocycles. The molecule has 1 aliphatic rings. The third kappa shape index (κ3) is 3.19. The van der Waals surface area contributed by atoms with Crippen LogP contribution in [0.15, 0.2) is 39.3 Å². The summed E-state index contributed by atoms with van der Waals surface area (Å²) in [4.78, 5) is 0. The van der Waals surface area contributed by atoms with Gasteiger partial charge in [-0.05, 0) is 47.9 Å². The van der Waals surface area contributed by atoms with E-state index in [1.54, 1.807) is 0 Å². The smallest absolute Gasteiger partial charge is 0.231 e. The first-order chi connectivity index (χ1) is 10.2. The van der Waals surface area contributed by atoms with E-state index in [0.29, 0.717) is 6.79 Å². The highest BCUT2D eigenvalue weighted by Crippen LogP contribution is 2.37. The molecule has 0 atom stereocenters. The molecule has 0 bridgehead atoms. The molecular weight excluding hydrogens is 398 g/mol. The van der Waals surface area contributed by atoms with Crippen LogP contribution in [0.5, 0.6) is 11.5 Å². The monoisotopic (exact) mass is 411 g/mol. The number of fused-ring (bicyclic) bond motifs is 1. The van der Waals surface area contributed by atoms with Crippen LogP contribution in [-0.2, 0) is 13.0 Å². The Morgan fingerprint density at radius 3 is 2.57 bits per heavy atom. The number of hydrogen-bond acceptors (Lipinski definition) is 3. The van der Waals surface area contributed by atoms with E-state index in [9.17, 15) is 0 Å². The summed E-state index contributed by atoms with van der Waals surface area (Å²) in [5, 5.41) is 3.49. The van der Waals surface area contributed by atoms with Crippen molar-refractivity contribution in [1.29, 1.82) is 0 Å². The zero-order valence-electron chi connectivity index (χ0n) is 11.6. The molecule has 0 unspecified atom stereocenters. The number of rotatable bonds is 4. The molecule has 0 aromatic heterocycles. The van der Waals surface area contributed by atoms with Crippen LogP contribution < -0.4 is 14.8 Å². The number of halogens is 2. The van der Waals surface area contributed by atoms with Crippen molar-refractivity contribution >= 4 is 37.5 Å². The van der Waals surface area contributed by atoms with Crippen LogP contribution in [0, 0.1) is 0 Å². The van der Waals surface area contributed by atoms with Crippen molar-refractivity contribution in [1.82, 2.24) is 0 Å². The molecular formula is C16H15Br2NO2. The summed E-state index contributed by atoms with van der Waals surface area (Å²) in [5.74, 6) is 1.60. The van der Waals surface area contributed by atoms with Crippen LogP contribution in [0.2, 0.25) is 0 Å². The minimum atomic E-state index is 0.297. The molecule has 0 aliphatic carbocycles. The van der Waals surface area contributed by atoms with Gasteiger partial charge in [0.05, 0.1) is 0 Å². The Balaban J connectivity index is 1.79. The van der Waals surface area contributed by atoms with Gasteiger partial charge in [-0.25, -0.2) is 0 Å². The molecule has 5 heteroatoms. The van der Waals surface area contributed by atoms with Gasteiger partial charge in [-0.2, -0.15) is 0 Å². The second kappa shape index (κ2) is 6.28. The summed E-state index contributed by atoms with van der Waals surface area (Å²) in [7, 11) is 0. The van der Waals surface area contributed by atoms with Crippen molar-refractivity contribution in [2.45, 2.75) is 19.9 Å². The highest BCUT2D eigenvalue weighted by Gasteiger charge is 2.16. The van der Waals surface area contributed by atoms with E-state index in [4.69, 9.17) is 9.47 Å². The number of aryl methyl sites for hydroxylation is 1. The van der Waals surface area contributed by atoms with Gasteiger partial charge in [0.2, 0.25) is 6.79 Å². The number of benzene rings is 2. The average molecular weight is 413 g/mol. The van der Waals surface area contributed by atoms with Gasteiger partial charge in [0.15, 0.2) is 11.5 Å². The number of hydrogen-bond donors (Lipinski definition) is 1. The van der Waals surface area contributed by atoms with Gasteiger partial charge in [-0.3, -0.25) is 0 Å². The molecule has 3 nitrogen and oxygen atoms in total. The Morgan fingerprint density at radius 1 is 1.05 bits per heavy atom. The van der Waals surface area contributed by atoms with Crippen LogP contribution >= 0.6 is 31.9 Å². The topological polar surface area (TPSA) is 30.5 Å². The SMILES string of the molecule is CCc1cc(Br)ccc1NCc1cc2c(cc1Br)OCO2. The standard InChI is InChI=1S/C16H15Br2NO2/c1-2-10-5-12(17)3-4-14(10)19-8-11-6-15-16(7-13(11)18)21-9-20-15/h3-7,19H,2,8-9H2,1H3. The summed E-state index contributed by atoms with van der Waals surface area (Å²) >= 11 is 7.10. The molecule has 3 rings (SSSR count). The highest BCUT2D eigenvalue weighted by atomic mass is 79.9. The van der Waals surface area contributed by atoms with Crippen LogP contribution in [0.1, 0.15) is 18.1 Å². The van der Waals surface area contributed by atoms with Gasteiger partial charge in [0, 0.05) is 21.2 Å². The van der Waals surface area contributed by atoms with Crippen molar-refractivity contribution < 1.29 is 9.47 Å². The molecule has 0 radical (unpaired) electrons. The summed E-state index contributed by atoms with van der Waals surface area (Å²) in [6.45, 7) is 3.18. The van der Waals surface area contributed by atoms with Crippen LogP contribution in [0.3, 0.4) is 0 Å². The van der Waals surface area contributed by atoms with E-state index >= 15 is 0 Å². The number of anilines is 1. The Labute approximate surface area is 140 Å². The van der Waals surface area contributed by atoms with Crippen LogP contribution in [-0.4, -0.2) is 6.79 Å². The van der Waals surface area contributed by atoms with E-state index in [2.05, 4.69) is 62.3 Å². The van der Waals surface area contributed by atoms with Crippen molar-refractivity contribution in [2.75, 3.05) is 12.1 Å². The molecule has 1 N–H and O–H groups in total. The van der Waals surface area contributed by atoms with Crippen molar-refractivity contribution in [2.24, 2.45) is 0 Å². The van der Waals surface area contributed by atoms with E-state index in [0.717, 1.165) is 44.7 Å². The Bertz CT molecular complexity index is 674. The van der Waals surface area contributed by atoms with Crippen LogP contribution in [0.25, 0.3) is 0 Å². The van der Waals surface area contributed by atoms with Crippen molar-refractivity contribution in [3.63, 3.8) is 0 Å². The zero-order valence-corrected chi connectivity index (χ0v) is 14.8. The summed E-state index contributed by atoms with van der Waals surface area (Å²) in [6.07, 6.45) is 0.990. The lowest BCUT2D eigenvalue weighted by molar-refractivity contribution is 0.174. The predicted molar refractivity (Wildman–Crippen MR) is 91.1 cm³/mol. The van der Waals surface area contributed by atoms with E-state index in [-0.39, 0.29) is 0 Å². The fourth-order valence-electron chi connectivity index (χ4n) is 2.31. The Morgan fingerprint density at radius 2 is 1.81 bits per heavy atom. The van der Waals surface area contributed by atoms with E-state index < -0.39 is 0 Å². The highest BCUT2D eigenvalue weighted by molar-refractivity contribution is 9.10. The van der Waals surface area contributed by atoms with Crippen LogP contribution in [0.4, 0.5) is 5.69 Å². The molecule has 1 heterocycles. The van der Waals surface area contributed by atoms with Crippen molar-refractivity contribution in [3.05, 3.63) is 50.4 Å². The van der Waals surface area contributed by atoms with Gasteiger partial charge < -0.3 is 14.8 Å². The molecule has 0 fully saturated rings. The first-order valence-electron chi connectivity index (χ1n) is 6.77. The minimum Gasteiger partial charge on any atom is -0.454 e. The second-order valence-corrected chi connectivity index (χ2v) is 6.58. The first-order valence-corrected chi connectivity index (χ1v) is 8.36. The maximum atomic E-state index is 5.43. The van der Waals surface area contributed by atoms with E-state index in [1.807, 2.05) is 12.1 Å². The van der Waals surface area contributed by atoms with Gasteiger partial charge >= 0.3 is 0 Å². The lowest BCUT2D eigenvalue weighted by Crippen LogP contribution is -2.03. The largest absolute Gasteiger partial charge is 0.454 e. The summed E-state index contributed by atoms with van der Waals surface area (Å²) < 4.78 is 12.9. The number of nitrogens with one attached hydrogen (secondary N) is 1. The molecule has 0 amide bonds. The zero-order chi connectivity index (χ0) is 14.8. The minimum absolute atomic E-state index is 0.297. The molecule has 0 saturated heterocycles. The number of ether oxygens (including phenoxy) is 2. The lowest BCUT2D eigenvalue weighted by Gasteiger charge is -2.13. The van der Waals surface area contributed by atoms with Crippen molar-refractivity contribution in [3.8, 4) is 11.5 Å². The normalized spacial score (nSPS) is 12.5. The Kier molecular flexibility index (Phi) is 4.40. The molecule has 2 aromatic carbocycles.